The minimum absolute atomic E-state index is 0.830. The number of rotatable bonds is 8. The number of hydrogen-bond acceptors (Lipinski definition) is 3. The number of nitrogens with zero attached hydrogens (tertiary/aromatic N) is 2. The van der Waals surface area contributed by atoms with Crippen LogP contribution in [0.4, 0.5) is 0 Å². The fraction of sp³-hybridized carbons (Fsp3) is 1.00. The smallest absolute Gasteiger partial charge is 0.187 e. The van der Waals surface area contributed by atoms with E-state index in [1.54, 1.807) is 0 Å². The predicted molar refractivity (Wildman–Crippen MR) is 67.1 cm³/mol. The van der Waals surface area contributed by atoms with Crippen molar-refractivity contribution in [3.8, 4) is 0 Å². The monoisotopic (exact) mass is 217 g/mol. The van der Waals surface area contributed by atoms with Gasteiger partial charge in [-0.15, -0.1) is 0 Å². The van der Waals surface area contributed by atoms with E-state index in [1.165, 1.54) is 32.1 Å². The quantitative estimate of drug-likeness (QED) is 0.605. The van der Waals surface area contributed by atoms with E-state index in [0.717, 1.165) is 0 Å². The Hall–Kier alpha value is 0.0969. The van der Waals surface area contributed by atoms with Crippen LogP contribution in [-0.4, -0.2) is 59.4 Å². The van der Waals surface area contributed by atoms with E-state index in [9.17, 15) is 0 Å². The van der Waals surface area contributed by atoms with Gasteiger partial charge in [-0.05, 0) is 53.2 Å². The molecule has 0 amide bonds. The molecule has 0 rings (SSSR count). The minimum Gasteiger partial charge on any atom is -0.331 e. The van der Waals surface area contributed by atoms with E-state index in [4.69, 9.17) is 0 Å². The van der Waals surface area contributed by atoms with Crippen LogP contribution >= 0.6 is 0 Å². The molecule has 4 heteroatoms. The fourth-order valence-corrected chi connectivity index (χ4v) is 4.24. The summed E-state index contributed by atoms with van der Waals surface area (Å²) in [7, 11) is 5.58. The first-order valence-corrected chi connectivity index (χ1v) is 7.62. The van der Waals surface area contributed by atoms with Crippen LogP contribution in [0.5, 0.6) is 0 Å². The lowest BCUT2D eigenvalue weighted by Gasteiger charge is -2.28. The average molecular weight is 217 g/mol. The van der Waals surface area contributed by atoms with Crippen LogP contribution in [0, 0.1) is 0 Å². The van der Waals surface area contributed by atoms with Crippen LogP contribution in [-0.2, 0) is 0 Å². The summed E-state index contributed by atoms with van der Waals surface area (Å²) in [4.78, 5) is 5.79. The van der Waals surface area contributed by atoms with Gasteiger partial charge >= 0.3 is 0 Å². The summed E-state index contributed by atoms with van der Waals surface area (Å²) in [5.41, 5.74) is 0. The first-order chi connectivity index (χ1) is 6.65. The number of hydrogen-bond donors (Lipinski definition) is 1. The molecule has 0 fully saturated rings. The molecular formula is C10H27N3Si. The molecule has 0 aromatic heterocycles. The highest BCUT2D eigenvalue weighted by atomic mass is 28.3. The maximum atomic E-state index is 3.52. The summed E-state index contributed by atoms with van der Waals surface area (Å²) in [6, 6.07) is 1.37. The van der Waals surface area contributed by atoms with Gasteiger partial charge in [0.2, 0.25) is 0 Å². The Labute approximate surface area is 91.2 Å². The van der Waals surface area contributed by atoms with Crippen molar-refractivity contribution in [2.75, 3.05) is 40.8 Å². The zero-order valence-corrected chi connectivity index (χ0v) is 11.7. The first kappa shape index (κ1) is 14.1. The van der Waals surface area contributed by atoms with Crippen LogP contribution in [0.3, 0.4) is 0 Å². The van der Waals surface area contributed by atoms with Crippen molar-refractivity contribution >= 4 is 9.12 Å². The molecule has 0 aromatic rings. The molecule has 86 valence electrons. The molecule has 0 saturated carbocycles. The van der Waals surface area contributed by atoms with Gasteiger partial charge in [0.1, 0.15) is 0 Å². The third kappa shape index (κ3) is 5.75. The van der Waals surface area contributed by atoms with Gasteiger partial charge in [-0.2, -0.15) is 0 Å². The lowest BCUT2D eigenvalue weighted by Crippen LogP contribution is -2.48. The number of nitrogens with one attached hydrogen (secondary N) is 1. The second kappa shape index (κ2) is 8.41. The van der Waals surface area contributed by atoms with Crippen molar-refractivity contribution in [3.05, 3.63) is 0 Å². The van der Waals surface area contributed by atoms with E-state index in [-0.39, 0.29) is 0 Å². The van der Waals surface area contributed by atoms with Crippen LogP contribution in [0.15, 0.2) is 0 Å². The van der Waals surface area contributed by atoms with Crippen molar-refractivity contribution in [1.82, 2.24) is 14.4 Å². The Bertz CT molecular complexity index is 127. The van der Waals surface area contributed by atoms with Crippen LogP contribution in [0.25, 0.3) is 0 Å². The topological polar surface area (TPSA) is 18.5 Å². The highest BCUT2D eigenvalue weighted by Crippen LogP contribution is 2.01. The van der Waals surface area contributed by atoms with Crippen molar-refractivity contribution in [2.24, 2.45) is 0 Å². The average Bonchev–Trinajstić information content (AvgIpc) is 2.16. The van der Waals surface area contributed by atoms with Crippen molar-refractivity contribution in [1.29, 1.82) is 0 Å². The maximum Gasteiger partial charge on any atom is 0.187 e. The maximum absolute atomic E-state index is 3.52. The zero-order chi connectivity index (χ0) is 11.0. The van der Waals surface area contributed by atoms with Gasteiger partial charge in [-0.1, -0.05) is 13.8 Å². The first-order valence-electron chi connectivity index (χ1n) is 5.71. The van der Waals surface area contributed by atoms with Crippen LogP contribution < -0.4 is 4.98 Å². The lowest BCUT2D eigenvalue weighted by molar-refractivity contribution is 0.402. The van der Waals surface area contributed by atoms with Gasteiger partial charge in [-0.25, -0.2) is 0 Å². The second-order valence-electron chi connectivity index (χ2n) is 3.97. The summed E-state index contributed by atoms with van der Waals surface area (Å²) in [6.07, 6.45) is 1.32. The molecule has 14 heavy (non-hydrogen) atoms. The molecule has 0 aliphatic heterocycles. The Morgan fingerprint density at radius 2 is 1.71 bits per heavy atom. The van der Waals surface area contributed by atoms with Gasteiger partial charge in [0.05, 0.1) is 0 Å². The predicted octanol–water partition coefficient (Wildman–Crippen LogP) is 0.720. The molecule has 0 radical (unpaired) electrons. The molecule has 0 saturated heterocycles. The zero-order valence-electron chi connectivity index (χ0n) is 10.5. The molecule has 0 aromatic carbocycles. The molecular weight excluding hydrogens is 190 g/mol. The Balaban J connectivity index is 3.77. The molecule has 0 aliphatic rings. The van der Waals surface area contributed by atoms with Crippen molar-refractivity contribution < 1.29 is 0 Å². The molecule has 0 aliphatic carbocycles. The van der Waals surface area contributed by atoms with E-state index < -0.39 is 9.12 Å². The van der Waals surface area contributed by atoms with Gasteiger partial charge in [-0.3, -0.25) is 0 Å². The molecule has 3 nitrogen and oxygen atoms in total. The van der Waals surface area contributed by atoms with E-state index in [2.05, 4.69) is 49.4 Å². The van der Waals surface area contributed by atoms with E-state index in [0.29, 0.717) is 0 Å². The SMILES string of the molecule is CCN(CC)[SiH](CCCN(C)C)NC. The third-order valence-corrected chi connectivity index (χ3v) is 5.90. The van der Waals surface area contributed by atoms with Crippen LogP contribution in [0.2, 0.25) is 6.04 Å². The molecule has 1 atom stereocenters. The van der Waals surface area contributed by atoms with E-state index >= 15 is 0 Å². The minimum atomic E-state index is -0.830. The van der Waals surface area contributed by atoms with Gasteiger partial charge in [0, 0.05) is 0 Å². The van der Waals surface area contributed by atoms with Gasteiger partial charge < -0.3 is 14.4 Å². The highest BCUT2D eigenvalue weighted by Gasteiger charge is 2.14. The highest BCUT2D eigenvalue weighted by molar-refractivity contribution is 6.52. The fourth-order valence-electron chi connectivity index (χ4n) is 1.77. The van der Waals surface area contributed by atoms with Crippen molar-refractivity contribution in [2.45, 2.75) is 26.3 Å². The third-order valence-electron chi connectivity index (χ3n) is 2.67. The summed E-state index contributed by atoms with van der Waals surface area (Å²) in [5, 5.41) is 0. The van der Waals surface area contributed by atoms with Gasteiger partial charge in [0.25, 0.3) is 0 Å². The normalized spacial score (nSPS) is 13.9. The summed E-state index contributed by atoms with van der Waals surface area (Å²) in [6.45, 7) is 8.11. The molecule has 1 unspecified atom stereocenters. The molecule has 0 bridgehead atoms. The summed E-state index contributed by atoms with van der Waals surface area (Å²) in [5.74, 6) is 0. The summed E-state index contributed by atoms with van der Waals surface area (Å²) < 4.78 is 2.61. The van der Waals surface area contributed by atoms with Gasteiger partial charge in [0.15, 0.2) is 9.12 Å². The standard InChI is InChI=1S/C10H27N3Si/c1-6-13(7-2)14(11-3)10-8-9-12(4)5/h11,14H,6-10H2,1-5H3. The Kier molecular flexibility index (Phi) is 8.47. The molecule has 0 heterocycles. The summed E-state index contributed by atoms with van der Waals surface area (Å²) >= 11 is 0. The van der Waals surface area contributed by atoms with E-state index in [1.807, 2.05) is 0 Å². The second-order valence-corrected chi connectivity index (χ2v) is 6.89. The lowest BCUT2D eigenvalue weighted by atomic mass is 10.5. The molecule has 1 N–H and O–H groups in total. The van der Waals surface area contributed by atoms with Crippen LogP contribution in [0.1, 0.15) is 20.3 Å². The van der Waals surface area contributed by atoms with Crippen molar-refractivity contribution in [3.63, 3.8) is 0 Å². The Morgan fingerprint density at radius 1 is 1.14 bits per heavy atom. The largest absolute Gasteiger partial charge is 0.331 e. The molecule has 0 spiro atoms. The Morgan fingerprint density at radius 3 is 2.07 bits per heavy atom.